The largest absolute Gasteiger partial charge is 0.289 e. The Hall–Kier alpha value is -4.82. The molecule has 0 radical (unpaired) electrons. The maximum atomic E-state index is 13.9. The van der Waals surface area contributed by atoms with E-state index in [1.165, 1.54) is 67.8 Å². The van der Waals surface area contributed by atoms with E-state index in [2.05, 4.69) is 97.1 Å². The number of rotatable bonds is 0. The Kier molecular flexibility index (Phi) is 3.70. The van der Waals surface area contributed by atoms with Crippen molar-refractivity contribution in [1.29, 1.82) is 0 Å². The average Bonchev–Trinajstić information content (AvgIpc) is 3.01. The lowest BCUT2D eigenvalue weighted by atomic mass is 9.52. The van der Waals surface area contributed by atoms with Crippen molar-refractivity contribution in [3.63, 3.8) is 0 Å². The van der Waals surface area contributed by atoms with Gasteiger partial charge in [0.05, 0.1) is 0 Å². The van der Waals surface area contributed by atoms with Crippen LogP contribution in [0.3, 0.4) is 0 Å². The van der Waals surface area contributed by atoms with Crippen LogP contribution in [0, 0.1) is 0 Å². The highest BCUT2D eigenvalue weighted by molar-refractivity contribution is 6.24. The monoisotopic (exact) mass is 510 g/mol. The summed E-state index contributed by atoms with van der Waals surface area (Å²) in [6.07, 6.45) is 3.00. The van der Waals surface area contributed by atoms with Crippen LogP contribution in [0.4, 0.5) is 0 Å². The van der Waals surface area contributed by atoms with E-state index in [9.17, 15) is 9.59 Å². The lowest BCUT2D eigenvalue weighted by Gasteiger charge is -2.50. The maximum Gasteiger partial charge on any atom is 0.187 e. The summed E-state index contributed by atoms with van der Waals surface area (Å²) in [6.45, 7) is 0. The van der Waals surface area contributed by atoms with E-state index < -0.39 is 0 Å². The van der Waals surface area contributed by atoms with Gasteiger partial charge < -0.3 is 0 Å². The molecule has 0 saturated heterocycles. The van der Waals surface area contributed by atoms with Gasteiger partial charge in [-0.3, -0.25) is 9.59 Å². The van der Waals surface area contributed by atoms with Crippen LogP contribution < -0.4 is 0 Å². The molecule has 12 rings (SSSR count). The van der Waals surface area contributed by atoms with E-state index in [1.54, 1.807) is 0 Å². The number of hydrogen-bond acceptors (Lipinski definition) is 2. The van der Waals surface area contributed by atoms with Gasteiger partial charge in [0.15, 0.2) is 11.6 Å². The van der Waals surface area contributed by atoms with Crippen LogP contribution in [0.5, 0.6) is 0 Å². The molecule has 5 aromatic carbocycles. The first-order chi connectivity index (χ1) is 19.7. The van der Waals surface area contributed by atoms with Gasteiger partial charge in [-0.25, -0.2) is 0 Å². The number of allylic oxidation sites excluding steroid dienone is 2. The van der Waals surface area contributed by atoms with Gasteiger partial charge >= 0.3 is 0 Å². The smallest absolute Gasteiger partial charge is 0.187 e. The molecular formula is C38H22O2. The first-order valence-electron chi connectivity index (χ1n) is 14.1. The SMILES string of the molecule is O=C1C=CC(=O)c2c1c1c(c3c2C2c4ccccc4C3c3ccccc32)C2c3ccccc3C1c1ccccc12. The summed E-state index contributed by atoms with van der Waals surface area (Å²) in [4.78, 5) is 27.9. The predicted molar refractivity (Wildman–Crippen MR) is 154 cm³/mol. The first-order valence-corrected chi connectivity index (χ1v) is 14.1. The van der Waals surface area contributed by atoms with E-state index in [1.807, 2.05) is 0 Å². The van der Waals surface area contributed by atoms with Gasteiger partial charge in [0.2, 0.25) is 0 Å². The Balaban J connectivity index is 1.44. The van der Waals surface area contributed by atoms with Crippen molar-refractivity contribution < 1.29 is 9.59 Å². The number of carbonyl (C=O) groups excluding carboxylic acids is 2. The summed E-state index contributed by atoms with van der Waals surface area (Å²) in [5.41, 5.74) is 16.3. The van der Waals surface area contributed by atoms with Gasteiger partial charge in [-0.15, -0.1) is 0 Å². The number of fused-ring (bicyclic) bond motifs is 1. The standard InChI is InChI=1S/C38H22O2/c39-27-17-18-28(40)34-33(27)35-29-19-9-1-5-13-23(19)31(24-14-6-2-10-20(24)29)37(35)38-32-25-15-7-3-11-21(25)30(36(34)38)22-12-4-8-16-26(22)32/h1-18,29-32H. The van der Waals surface area contributed by atoms with E-state index in [0.29, 0.717) is 11.1 Å². The second-order valence-corrected chi connectivity index (χ2v) is 11.7. The molecule has 0 amide bonds. The second-order valence-electron chi connectivity index (χ2n) is 11.7. The van der Waals surface area contributed by atoms with Gasteiger partial charge in [0, 0.05) is 34.8 Å². The third kappa shape index (κ3) is 2.23. The fourth-order valence-electron chi connectivity index (χ4n) is 8.94. The van der Waals surface area contributed by atoms with Crippen LogP contribution in [-0.2, 0) is 0 Å². The molecule has 7 aliphatic rings. The maximum absolute atomic E-state index is 13.9. The quantitative estimate of drug-likeness (QED) is 0.211. The van der Waals surface area contributed by atoms with Crippen molar-refractivity contribution in [1.82, 2.24) is 0 Å². The molecule has 0 aliphatic heterocycles. The van der Waals surface area contributed by atoms with Crippen LogP contribution >= 0.6 is 0 Å². The summed E-state index contributed by atoms with van der Waals surface area (Å²) in [6, 6.07) is 35.0. The molecule has 0 heterocycles. The molecule has 4 bridgehead atoms. The van der Waals surface area contributed by atoms with Crippen molar-refractivity contribution >= 4 is 11.6 Å². The zero-order valence-electron chi connectivity index (χ0n) is 21.5. The van der Waals surface area contributed by atoms with Crippen LogP contribution in [0.25, 0.3) is 0 Å². The normalized spacial score (nSPS) is 23.0. The molecular weight excluding hydrogens is 488 g/mol. The Morgan fingerprint density at radius 3 is 0.800 bits per heavy atom. The van der Waals surface area contributed by atoms with Gasteiger partial charge in [0.25, 0.3) is 0 Å². The van der Waals surface area contributed by atoms with Gasteiger partial charge in [-0.1, -0.05) is 97.1 Å². The molecule has 0 saturated carbocycles. The van der Waals surface area contributed by atoms with Gasteiger partial charge in [0.1, 0.15) is 0 Å². The van der Waals surface area contributed by atoms with Gasteiger partial charge in [-0.05, 0) is 78.9 Å². The third-order valence-corrected chi connectivity index (χ3v) is 10.2. The van der Waals surface area contributed by atoms with Crippen LogP contribution in [0.2, 0.25) is 0 Å². The summed E-state index contributed by atoms with van der Waals surface area (Å²) in [7, 11) is 0. The summed E-state index contributed by atoms with van der Waals surface area (Å²) in [5.74, 6) is -0.169. The number of carbonyl (C=O) groups is 2. The van der Waals surface area contributed by atoms with E-state index in [0.717, 1.165) is 11.1 Å². The summed E-state index contributed by atoms with van der Waals surface area (Å²) < 4.78 is 0. The van der Waals surface area contributed by atoms with Crippen LogP contribution in [0.15, 0.2) is 109 Å². The van der Waals surface area contributed by atoms with E-state index in [4.69, 9.17) is 0 Å². The lowest BCUT2D eigenvalue weighted by molar-refractivity contribution is 0.0992. The van der Waals surface area contributed by atoms with Gasteiger partial charge in [-0.2, -0.15) is 0 Å². The number of benzene rings is 5. The second kappa shape index (κ2) is 7.03. The molecule has 0 unspecified atom stereocenters. The minimum absolute atomic E-state index is 0.0268. The molecule has 2 nitrogen and oxygen atoms in total. The van der Waals surface area contributed by atoms with Crippen molar-refractivity contribution in [2.24, 2.45) is 0 Å². The molecule has 5 aromatic rings. The number of ketones is 2. The molecule has 0 atom stereocenters. The molecule has 0 aromatic heterocycles. The summed E-state index contributed by atoms with van der Waals surface area (Å²) in [5, 5.41) is 0. The van der Waals surface area contributed by atoms with Crippen LogP contribution in [-0.4, -0.2) is 11.6 Å². The first kappa shape index (κ1) is 21.1. The van der Waals surface area contributed by atoms with Crippen molar-refractivity contribution in [3.05, 3.63) is 187 Å². The minimum atomic E-state index is -0.0689. The van der Waals surface area contributed by atoms with Crippen LogP contribution in [0.1, 0.15) is 111 Å². The number of hydrogen-bond donors (Lipinski definition) is 0. The molecule has 7 aliphatic carbocycles. The molecule has 40 heavy (non-hydrogen) atoms. The van der Waals surface area contributed by atoms with Crippen molar-refractivity contribution in [3.8, 4) is 0 Å². The van der Waals surface area contributed by atoms with E-state index in [-0.39, 0.29) is 35.2 Å². The fourth-order valence-corrected chi connectivity index (χ4v) is 8.94. The van der Waals surface area contributed by atoms with E-state index >= 15 is 0 Å². The minimum Gasteiger partial charge on any atom is -0.289 e. The predicted octanol–water partition coefficient (Wildman–Crippen LogP) is 7.60. The Labute approximate surface area is 231 Å². The zero-order chi connectivity index (χ0) is 26.3. The fraction of sp³-hybridized carbons (Fsp3) is 0.105. The molecule has 0 N–H and O–H groups in total. The van der Waals surface area contributed by atoms with Crippen molar-refractivity contribution in [2.75, 3.05) is 0 Å². The molecule has 2 heteroatoms. The highest BCUT2D eigenvalue weighted by Crippen LogP contribution is 2.65. The zero-order valence-corrected chi connectivity index (χ0v) is 21.5. The topological polar surface area (TPSA) is 34.1 Å². The lowest BCUT2D eigenvalue weighted by Crippen LogP contribution is -2.38. The molecule has 0 fully saturated rings. The average molecular weight is 511 g/mol. The molecule has 186 valence electrons. The Bertz CT molecular complexity index is 1830. The molecule has 0 spiro atoms. The highest BCUT2D eigenvalue weighted by Gasteiger charge is 2.52. The van der Waals surface area contributed by atoms with Crippen molar-refractivity contribution in [2.45, 2.75) is 23.7 Å². The summed E-state index contributed by atoms with van der Waals surface area (Å²) >= 11 is 0. The Morgan fingerprint density at radius 2 is 0.550 bits per heavy atom. The Morgan fingerprint density at radius 1 is 0.325 bits per heavy atom. The third-order valence-electron chi connectivity index (χ3n) is 10.2. The highest BCUT2D eigenvalue weighted by atomic mass is 16.1.